The molecule has 0 radical (unpaired) electrons. The van der Waals surface area contributed by atoms with Crippen LogP contribution in [0.15, 0.2) is 42.5 Å². The van der Waals surface area contributed by atoms with Crippen LogP contribution in [0.1, 0.15) is 17.3 Å². The minimum Gasteiger partial charge on any atom is -0.345 e. The summed E-state index contributed by atoms with van der Waals surface area (Å²) in [6.07, 6.45) is 0. The third-order valence-corrected chi connectivity index (χ3v) is 3.16. The summed E-state index contributed by atoms with van der Waals surface area (Å²) in [5.41, 5.74) is 1.14. The monoisotopic (exact) mass is 288 g/mol. The fourth-order valence-corrected chi connectivity index (χ4v) is 1.99. The molecule has 2 aromatic rings. The van der Waals surface area contributed by atoms with Crippen molar-refractivity contribution in [3.63, 3.8) is 0 Å². The molecule has 2 rings (SSSR count). The maximum Gasteiger partial charge on any atom is 0.280 e. The molecule has 0 amide bonds. The summed E-state index contributed by atoms with van der Waals surface area (Å²) in [6.45, 7) is 1.28. The number of carbonyl (C=O) groups is 1. The Balaban J connectivity index is 2.44. The molecule has 108 valence electrons. The topological polar surface area (TPSA) is 63.5 Å². The van der Waals surface area contributed by atoms with Gasteiger partial charge >= 0.3 is 0 Å². The molecular formula is C15H13FN2O3. The number of nitro benzene ring substituents is 1. The summed E-state index contributed by atoms with van der Waals surface area (Å²) >= 11 is 0. The molecule has 0 aliphatic heterocycles. The van der Waals surface area contributed by atoms with E-state index in [0.717, 1.165) is 0 Å². The van der Waals surface area contributed by atoms with E-state index in [2.05, 4.69) is 0 Å². The first-order valence-corrected chi connectivity index (χ1v) is 6.19. The minimum atomic E-state index is -0.585. The third-order valence-electron chi connectivity index (χ3n) is 3.16. The van der Waals surface area contributed by atoms with Crippen molar-refractivity contribution in [3.05, 3.63) is 64.0 Å². The number of halogens is 1. The summed E-state index contributed by atoms with van der Waals surface area (Å²) < 4.78 is 12.9. The molecular weight excluding hydrogens is 275 g/mol. The van der Waals surface area contributed by atoms with Crippen molar-refractivity contribution in [1.29, 1.82) is 0 Å². The molecule has 2 aromatic carbocycles. The number of anilines is 2. The van der Waals surface area contributed by atoms with E-state index in [1.165, 1.54) is 31.2 Å². The number of nitro groups is 1. The van der Waals surface area contributed by atoms with Gasteiger partial charge in [-0.1, -0.05) is 0 Å². The van der Waals surface area contributed by atoms with Crippen molar-refractivity contribution in [1.82, 2.24) is 0 Å². The van der Waals surface area contributed by atoms with Crippen molar-refractivity contribution in [2.24, 2.45) is 0 Å². The van der Waals surface area contributed by atoms with Crippen LogP contribution in [0, 0.1) is 15.9 Å². The number of hydrogen-bond donors (Lipinski definition) is 0. The van der Waals surface area contributed by atoms with Crippen LogP contribution in [0.5, 0.6) is 0 Å². The van der Waals surface area contributed by atoms with E-state index >= 15 is 0 Å². The largest absolute Gasteiger partial charge is 0.345 e. The third kappa shape index (κ3) is 3.05. The summed E-state index contributed by atoms with van der Waals surface area (Å²) in [7, 11) is 1.73. The van der Waals surface area contributed by atoms with Crippen LogP contribution in [0.4, 0.5) is 21.5 Å². The van der Waals surface area contributed by atoms with Crippen LogP contribution >= 0.6 is 0 Å². The van der Waals surface area contributed by atoms with Gasteiger partial charge in [0.15, 0.2) is 5.78 Å². The quantitative estimate of drug-likeness (QED) is 0.489. The number of benzene rings is 2. The van der Waals surface area contributed by atoms with Gasteiger partial charge < -0.3 is 4.90 Å². The van der Waals surface area contributed by atoms with Gasteiger partial charge in [-0.2, -0.15) is 0 Å². The van der Waals surface area contributed by atoms with Crippen molar-refractivity contribution in [2.75, 3.05) is 11.9 Å². The fourth-order valence-electron chi connectivity index (χ4n) is 1.99. The van der Waals surface area contributed by atoms with E-state index in [-0.39, 0.29) is 22.9 Å². The number of rotatable bonds is 4. The second kappa shape index (κ2) is 5.70. The molecule has 0 saturated carbocycles. The first-order chi connectivity index (χ1) is 9.90. The maximum absolute atomic E-state index is 12.9. The fraction of sp³-hybridized carbons (Fsp3) is 0.133. The summed E-state index contributed by atoms with van der Waals surface area (Å²) in [4.78, 5) is 23.6. The SMILES string of the molecule is CC(=O)c1cc(N(C)c2ccc(F)cc2)ccc1[N+](=O)[O-]. The molecule has 0 saturated heterocycles. The van der Waals surface area contributed by atoms with E-state index in [1.807, 2.05) is 0 Å². The lowest BCUT2D eigenvalue weighted by Crippen LogP contribution is -2.11. The Morgan fingerprint density at radius 1 is 1.14 bits per heavy atom. The van der Waals surface area contributed by atoms with E-state index in [0.29, 0.717) is 11.4 Å². The molecule has 0 heterocycles. The van der Waals surface area contributed by atoms with E-state index < -0.39 is 4.92 Å². The second-order valence-electron chi connectivity index (χ2n) is 4.55. The van der Waals surface area contributed by atoms with Gasteiger partial charge in [-0.25, -0.2) is 4.39 Å². The summed E-state index contributed by atoms with van der Waals surface area (Å²) in [5, 5.41) is 10.9. The normalized spacial score (nSPS) is 10.2. The number of Topliss-reactive ketones (excluding diaryl/α,β-unsaturated/α-hetero) is 1. The van der Waals surface area contributed by atoms with Gasteiger partial charge in [-0.15, -0.1) is 0 Å². The van der Waals surface area contributed by atoms with Gasteiger partial charge in [0.05, 0.1) is 10.5 Å². The molecule has 0 aliphatic carbocycles. The highest BCUT2D eigenvalue weighted by Crippen LogP contribution is 2.29. The smallest absolute Gasteiger partial charge is 0.280 e. The predicted molar refractivity (Wildman–Crippen MR) is 77.6 cm³/mol. The average Bonchev–Trinajstić information content (AvgIpc) is 2.46. The van der Waals surface area contributed by atoms with E-state index in [4.69, 9.17) is 0 Å². The average molecular weight is 288 g/mol. The molecule has 0 unspecified atom stereocenters. The highest BCUT2D eigenvalue weighted by Gasteiger charge is 2.19. The molecule has 0 atom stereocenters. The van der Waals surface area contributed by atoms with Crippen LogP contribution in [0.3, 0.4) is 0 Å². The van der Waals surface area contributed by atoms with Crippen LogP contribution in [-0.2, 0) is 0 Å². The first kappa shape index (κ1) is 14.6. The Bertz CT molecular complexity index is 699. The van der Waals surface area contributed by atoms with Gasteiger partial charge in [-0.05, 0) is 43.3 Å². The Hall–Kier alpha value is -2.76. The van der Waals surface area contributed by atoms with Crippen LogP contribution < -0.4 is 4.90 Å². The molecule has 6 heteroatoms. The number of nitrogens with zero attached hydrogens (tertiary/aromatic N) is 2. The molecule has 0 bridgehead atoms. The lowest BCUT2D eigenvalue weighted by atomic mass is 10.1. The van der Waals surface area contributed by atoms with Crippen molar-refractivity contribution < 1.29 is 14.1 Å². The highest BCUT2D eigenvalue weighted by molar-refractivity contribution is 5.99. The van der Waals surface area contributed by atoms with Gasteiger partial charge in [0, 0.05) is 24.5 Å². The van der Waals surface area contributed by atoms with Crippen molar-refractivity contribution in [3.8, 4) is 0 Å². The Morgan fingerprint density at radius 2 is 1.71 bits per heavy atom. The zero-order valence-corrected chi connectivity index (χ0v) is 11.5. The minimum absolute atomic E-state index is 0.0476. The molecule has 0 spiro atoms. The Labute approximate surface area is 120 Å². The number of hydrogen-bond acceptors (Lipinski definition) is 4. The first-order valence-electron chi connectivity index (χ1n) is 6.19. The summed E-state index contributed by atoms with van der Waals surface area (Å²) in [6, 6.07) is 10.1. The highest BCUT2D eigenvalue weighted by atomic mass is 19.1. The second-order valence-corrected chi connectivity index (χ2v) is 4.55. The number of carbonyl (C=O) groups excluding carboxylic acids is 1. The van der Waals surface area contributed by atoms with Gasteiger partial charge in [0.25, 0.3) is 5.69 Å². The Morgan fingerprint density at radius 3 is 2.24 bits per heavy atom. The maximum atomic E-state index is 12.9. The van der Waals surface area contributed by atoms with Gasteiger partial charge in [0.1, 0.15) is 5.82 Å². The molecule has 21 heavy (non-hydrogen) atoms. The van der Waals surface area contributed by atoms with Gasteiger partial charge in [0.2, 0.25) is 0 Å². The van der Waals surface area contributed by atoms with Crippen molar-refractivity contribution >= 4 is 22.8 Å². The standard InChI is InChI=1S/C15H13FN2O3/c1-10(19)14-9-13(7-8-15(14)18(20)21)17(2)12-5-3-11(16)4-6-12/h3-9H,1-2H3. The molecule has 0 N–H and O–H groups in total. The van der Waals surface area contributed by atoms with Crippen LogP contribution in [0.2, 0.25) is 0 Å². The molecule has 0 aliphatic rings. The lowest BCUT2D eigenvalue weighted by molar-refractivity contribution is -0.385. The van der Waals surface area contributed by atoms with Crippen LogP contribution in [-0.4, -0.2) is 17.8 Å². The lowest BCUT2D eigenvalue weighted by Gasteiger charge is -2.20. The molecule has 0 aromatic heterocycles. The van der Waals surface area contributed by atoms with E-state index in [1.54, 1.807) is 30.1 Å². The Kier molecular flexibility index (Phi) is 3.98. The summed E-state index contributed by atoms with van der Waals surface area (Å²) in [5.74, 6) is -0.726. The van der Waals surface area contributed by atoms with E-state index in [9.17, 15) is 19.3 Å². The predicted octanol–water partition coefficient (Wildman–Crippen LogP) is 3.70. The zero-order valence-electron chi connectivity index (χ0n) is 11.5. The van der Waals surface area contributed by atoms with Crippen LogP contribution in [0.25, 0.3) is 0 Å². The van der Waals surface area contributed by atoms with Crippen molar-refractivity contribution in [2.45, 2.75) is 6.92 Å². The molecule has 5 nitrogen and oxygen atoms in total. The van der Waals surface area contributed by atoms with Gasteiger partial charge in [-0.3, -0.25) is 14.9 Å². The zero-order chi connectivity index (χ0) is 15.6. The molecule has 0 fully saturated rings. The number of ketones is 1.